The van der Waals surface area contributed by atoms with E-state index >= 15 is 0 Å². The van der Waals surface area contributed by atoms with Crippen molar-refractivity contribution < 1.29 is 4.79 Å². The molecular weight excluding hydrogens is 416 g/mol. The number of carbonyl (C=O) groups excluding carboxylic acids is 1. The molecule has 3 heterocycles. The monoisotopic (exact) mass is 446 g/mol. The maximum absolute atomic E-state index is 13.0. The zero-order valence-electron chi connectivity index (χ0n) is 19.1. The van der Waals surface area contributed by atoms with Gasteiger partial charge in [-0.2, -0.15) is 0 Å². The average molecular weight is 447 g/mol. The Labute approximate surface area is 192 Å². The van der Waals surface area contributed by atoms with E-state index in [1.807, 2.05) is 41.3 Å². The third-order valence-corrected chi connectivity index (χ3v) is 7.29. The molecule has 7 nitrogen and oxygen atoms in total. The van der Waals surface area contributed by atoms with E-state index in [1.165, 1.54) is 32.7 Å². The molecule has 2 aromatic heterocycles. The molecule has 5 rings (SSSR count). The van der Waals surface area contributed by atoms with Crippen LogP contribution in [-0.2, 0) is 18.4 Å². The average Bonchev–Trinajstić information content (AvgIpc) is 3.53. The SMILES string of the molecule is Cn1c(=O)c2ccc(C3CCN(C(=O)CC4CCCC4)C3)nc2n(Cc2ccccc2)c1=O. The van der Waals surface area contributed by atoms with E-state index in [4.69, 9.17) is 4.98 Å². The largest absolute Gasteiger partial charge is 0.342 e. The molecule has 0 bridgehead atoms. The number of hydrogen-bond acceptors (Lipinski definition) is 4. The Morgan fingerprint density at radius 2 is 1.79 bits per heavy atom. The quantitative estimate of drug-likeness (QED) is 0.604. The molecule has 1 aromatic carbocycles. The first kappa shape index (κ1) is 21.6. The van der Waals surface area contributed by atoms with E-state index in [9.17, 15) is 14.4 Å². The number of rotatable bonds is 5. The molecule has 0 radical (unpaired) electrons. The lowest BCUT2D eigenvalue weighted by Gasteiger charge is -2.19. The summed E-state index contributed by atoms with van der Waals surface area (Å²) in [5.74, 6) is 0.908. The predicted octanol–water partition coefficient (Wildman–Crippen LogP) is 3.04. The normalized spacial score (nSPS) is 18.9. The Bertz CT molecular complexity index is 1290. The number of hydrogen-bond donors (Lipinski definition) is 0. The first-order chi connectivity index (χ1) is 16.0. The highest BCUT2D eigenvalue weighted by molar-refractivity contribution is 5.77. The summed E-state index contributed by atoms with van der Waals surface area (Å²) >= 11 is 0. The Balaban J connectivity index is 1.44. The minimum atomic E-state index is -0.374. The Morgan fingerprint density at radius 3 is 2.55 bits per heavy atom. The van der Waals surface area contributed by atoms with Crippen LogP contribution >= 0.6 is 0 Å². The van der Waals surface area contributed by atoms with Crippen molar-refractivity contribution in [1.29, 1.82) is 0 Å². The molecule has 0 N–H and O–H groups in total. The molecule has 1 atom stereocenters. The molecule has 1 unspecified atom stereocenters. The molecule has 3 aromatic rings. The molecule has 1 aliphatic heterocycles. The smallest absolute Gasteiger partial charge is 0.332 e. The van der Waals surface area contributed by atoms with Crippen LogP contribution in [0.5, 0.6) is 0 Å². The Morgan fingerprint density at radius 1 is 1.03 bits per heavy atom. The number of benzene rings is 1. The van der Waals surface area contributed by atoms with Crippen LogP contribution in [0.3, 0.4) is 0 Å². The lowest BCUT2D eigenvalue weighted by molar-refractivity contribution is -0.131. The molecule has 7 heteroatoms. The summed E-state index contributed by atoms with van der Waals surface area (Å²) in [4.78, 5) is 45.3. The number of pyridine rings is 1. The highest BCUT2D eigenvalue weighted by Crippen LogP contribution is 2.31. The molecular formula is C26H30N4O3. The van der Waals surface area contributed by atoms with Crippen LogP contribution in [0.1, 0.15) is 55.7 Å². The molecule has 1 saturated heterocycles. The van der Waals surface area contributed by atoms with E-state index in [0.717, 1.165) is 28.8 Å². The molecule has 172 valence electrons. The van der Waals surface area contributed by atoms with Gasteiger partial charge in [0, 0.05) is 38.2 Å². The number of nitrogens with zero attached hydrogens (tertiary/aromatic N) is 4. The second kappa shape index (κ2) is 8.96. The van der Waals surface area contributed by atoms with Gasteiger partial charge in [0.2, 0.25) is 5.91 Å². The minimum absolute atomic E-state index is 0.117. The van der Waals surface area contributed by atoms with Crippen molar-refractivity contribution in [1.82, 2.24) is 19.0 Å². The molecule has 0 spiro atoms. The van der Waals surface area contributed by atoms with Crippen LogP contribution < -0.4 is 11.2 Å². The second-order valence-corrected chi connectivity index (χ2v) is 9.51. The summed E-state index contributed by atoms with van der Waals surface area (Å²) < 4.78 is 2.72. The molecule has 2 aliphatic rings. The highest BCUT2D eigenvalue weighted by Gasteiger charge is 2.30. The summed E-state index contributed by atoms with van der Waals surface area (Å²) in [6, 6.07) is 13.4. The second-order valence-electron chi connectivity index (χ2n) is 9.51. The molecule has 1 aliphatic carbocycles. The van der Waals surface area contributed by atoms with Crippen LogP contribution in [0.15, 0.2) is 52.1 Å². The van der Waals surface area contributed by atoms with Gasteiger partial charge in [-0.25, -0.2) is 9.78 Å². The summed E-state index contributed by atoms with van der Waals surface area (Å²) in [6.07, 6.45) is 6.33. The lowest BCUT2D eigenvalue weighted by atomic mass is 10.0. The fraction of sp³-hybridized carbons (Fsp3) is 0.462. The first-order valence-corrected chi connectivity index (χ1v) is 11.9. The van der Waals surface area contributed by atoms with Gasteiger partial charge in [-0.15, -0.1) is 0 Å². The fourth-order valence-corrected chi connectivity index (χ4v) is 5.33. The number of aromatic nitrogens is 3. The Kier molecular flexibility index (Phi) is 5.87. The first-order valence-electron chi connectivity index (χ1n) is 11.9. The van der Waals surface area contributed by atoms with Gasteiger partial charge in [0.15, 0.2) is 0 Å². The van der Waals surface area contributed by atoms with Gasteiger partial charge >= 0.3 is 5.69 Å². The standard InChI is InChI=1S/C26H30N4O3/c1-28-25(32)21-11-12-22(20-13-14-29(17-20)23(31)15-18-7-5-6-8-18)27-24(21)30(26(28)33)16-19-9-3-2-4-10-19/h2-4,9-12,18,20H,5-8,13-17H2,1H3. The van der Waals surface area contributed by atoms with E-state index in [1.54, 1.807) is 10.6 Å². The molecule has 1 amide bonds. The van der Waals surface area contributed by atoms with Crippen LogP contribution in [0, 0.1) is 5.92 Å². The van der Waals surface area contributed by atoms with Crippen LogP contribution in [0.2, 0.25) is 0 Å². The predicted molar refractivity (Wildman–Crippen MR) is 127 cm³/mol. The molecule has 33 heavy (non-hydrogen) atoms. The van der Waals surface area contributed by atoms with Gasteiger partial charge in [-0.3, -0.25) is 18.7 Å². The summed E-state index contributed by atoms with van der Waals surface area (Å²) in [6.45, 7) is 1.73. The lowest BCUT2D eigenvalue weighted by Crippen LogP contribution is -2.38. The molecule has 1 saturated carbocycles. The number of fused-ring (bicyclic) bond motifs is 1. The fourth-order valence-electron chi connectivity index (χ4n) is 5.33. The maximum Gasteiger partial charge on any atom is 0.332 e. The van der Waals surface area contributed by atoms with E-state index in [0.29, 0.717) is 36.5 Å². The van der Waals surface area contributed by atoms with Crippen molar-refractivity contribution >= 4 is 16.9 Å². The van der Waals surface area contributed by atoms with Crippen LogP contribution in [-0.4, -0.2) is 38.0 Å². The van der Waals surface area contributed by atoms with Crippen molar-refractivity contribution in [2.24, 2.45) is 13.0 Å². The van der Waals surface area contributed by atoms with Crippen LogP contribution in [0.25, 0.3) is 11.0 Å². The van der Waals surface area contributed by atoms with Crippen molar-refractivity contribution in [2.45, 2.75) is 51.0 Å². The zero-order valence-corrected chi connectivity index (χ0v) is 19.1. The number of likely N-dealkylation sites (tertiary alicyclic amines) is 1. The highest BCUT2D eigenvalue weighted by atomic mass is 16.2. The number of amides is 1. The maximum atomic E-state index is 13.0. The van der Waals surface area contributed by atoms with E-state index < -0.39 is 0 Å². The van der Waals surface area contributed by atoms with Gasteiger partial charge < -0.3 is 4.90 Å². The topological polar surface area (TPSA) is 77.2 Å². The zero-order chi connectivity index (χ0) is 22.9. The van der Waals surface area contributed by atoms with Gasteiger partial charge in [-0.05, 0) is 42.9 Å². The third-order valence-electron chi connectivity index (χ3n) is 7.29. The van der Waals surface area contributed by atoms with Crippen LogP contribution in [0.4, 0.5) is 0 Å². The minimum Gasteiger partial charge on any atom is -0.342 e. The van der Waals surface area contributed by atoms with Gasteiger partial charge in [0.05, 0.1) is 11.9 Å². The number of carbonyl (C=O) groups is 1. The summed E-state index contributed by atoms with van der Waals surface area (Å²) in [5, 5.41) is 0.434. The van der Waals surface area contributed by atoms with Crippen molar-refractivity contribution in [2.75, 3.05) is 13.1 Å². The Hall–Kier alpha value is -3.22. The van der Waals surface area contributed by atoms with Crippen molar-refractivity contribution in [3.63, 3.8) is 0 Å². The van der Waals surface area contributed by atoms with E-state index in [-0.39, 0.29) is 23.1 Å². The third kappa shape index (κ3) is 4.24. The van der Waals surface area contributed by atoms with Gasteiger partial charge in [0.25, 0.3) is 5.56 Å². The van der Waals surface area contributed by atoms with Gasteiger partial charge in [0.1, 0.15) is 5.65 Å². The van der Waals surface area contributed by atoms with Gasteiger partial charge in [-0.1, -0.05) is 43.2 Å². The van der Waals surface area contributed by atoms with Crippen molar-refractivity contribution in [3.05, 3.63) is 74.6 Å². The summed E-state index contributed by atoms with van der Waals surface area (Å²) in [7, 11) is 1.50. The van der Waals surface area contributed by atoms with Crippen molar-refractivity contribution in [3.8, 4) is 0 Å². The van der Waals surface area contributed by atoms with E-state index in [2.05, 4.69) is 0 Å². The molecule has 2 fully saturated rings. The summed E-state index contributed by atoms with van der Waals surface area (Å²) in [5.41, 5.74) is 1.52.